The van der Waals surface area contributed by atoms with E-state index in [1.807, 2.05) is 0 Å². The van der Waals surface area contributed by atoms with E-state index >= 15 is 0 Å². The van der Waals surface area contributed by atoms with E-state index in [0.717, 1.165) is 0 Å². The van der Waals surface area contributed by atoms with E-state index in [4.69, 9.17) is 21.1 Å². The summed E-state index contributed by atoms with van der Waals surface area (Å²) in [7, 11) is 2.99. The van der Waals surface area contributed by atoms with Gasteiger partial charge in [-0.3, -0.25) is 9.59 Å². The van der Waals surface area contributed by atoms with Gasteiger partial charge in [0.25, 0.3) is 5.91 Å². The number of piperazine rings is 1. The highest BCUT2D eigenvalue weighted by Gasteiger charge is 2.24. The molecule has 0 atom stereocenters. The maximum absolute atomic E-state index is 12.6. The Morgan fingerprint density at radius 2 is 1.64 bits per heavy atom. The number of carbonyl (C=O) groups is 2. The molecule has 1 aromatic carbocycles. The molecule has 1 aromatic rings. The highest BCUT2D eigenvalue weighted by atomic mass is 35.5. The average Bonchev–Trinajstić information content (AvgIpc) is 2.53. The van der Waals surface area contributed by atoms with Gasteiger partial charge in [-0.25, -0.2) is 0 Å². The summed E-state index contributed by atoms with van der Waals surface area (Å²) < 4.78 is 10.4. The van der Waals surface area contributed by atoms with Crippen molar-refractivity contribution in [2.24, 2.45) is 0 Å². The van der Waals surface area contributed by atoms with Gasteiger partial charge in [-0.05, 0) is 12.1 Å². The number of rotatable bonds is 3. The zero-order chi connectivity index (χ0) is 16.3. The molecule has 0 bridgehead atoms. The van der Waals surface area contributed by atoms with Crippen molar-refractivity contribution in [1.29, 1.82) is 0 Å². The van der Waals surface area contributed by atoms with Gasteiger partial charge in [0, 0.05) is 38.7 Å². The van der Waals surface area contributed by atoms with Crippen LogP contribution in [0.2, 0.25) is 5.02 Å². The van der Waals surface area contributed by atoms with Crippen LogP contribution in [0, 0.1) is 0 Å². The first kappa shape index (κ1) is 16.4. The quantitative estimate of drug-likeness (QED) is 0.847. The van der Waals surface area contributed by atoms with Crippen LogP contribution >= 0.6 is 11.6 Å². The van der Waals surface area contributed by atoms with Crippen molar-refractivity contribution >= 4 is 23.4 Å². The van der Waals surface area contributed by atoms with Crippen molar-refractivity contribution in [3.8, 4) is 11.5 Å². The minimum Gasteiger partial charge on any atom is -0.493 e. The second-order valence-electron chi connectivity index (χ2n) is 4.99. The first-order valence-electron chi connectivity index (χ1n) is 6.94. The van der Waals surface area contributed by atoms with E-state index in [0.29, 0.717) is 48.3 Å². The number of amides is 2. The van der Waals surface area contributed by atoms with Gasteiger partial charge in [0.05, 0.1) is 19.2 Å². The van der Waals surface area contributed by atoms with Gasteiger partial charge in [0.15, 0.2) is 11.5 Å². The molecule has 1 heterocycles. The first-order valence-corrected chi connectivity index (χ1v) is 7.32. The fourth-order valence-corrected chi connectivity index (χ4v) is 2.74. The van der Waals surface area contributed by atoms with Crippen LogP contribution in [-0.4, -0.2) is 62.0 Å². The largest absolute Gasteiger partial charge is 0.493 e. The third kappa shape index (κ3) is 3.27. The van der Waals surface area contributed by atoms with Crippen LogP contribution in [0.4, 0.5) is 0 Å². The molecule has 1 aliphatic heterocycles. The summed E-state index contributed by atoms with van der Waals surface area (Å²) in [5.74, 6) is 0.718. The smallest absolute Gasteiger partial charge is 0.254 e. The Morgan fingerprint density at radius 3 is 2.14 bits per heavy atom. The SMILES string of the molecule is COc1cc(C(=O)N2CCN(C(C)=O)CC2)cc(Cl)c1OC. The van der Waals surface area contributed by atoms with Gasteiger partial charge in [0.2, 0.25) is 5.91 Å². The Morgan fingerprint density at radius 1 is 1.05 bits per heavy atom. The molecule has 6 nitrogen and oxygen atoms in total. The lowest BCUT2D eigenvalue weighted by molar-refractivity contribution is -0.130. The summed E-state index contributed by atoms with van der Waals surface area (Å²) in [6.45, 7) is 3.63. The number of nitrogens with zero attached hydrogens (tertiary/aromatic N) is 2. The monoisotopic (exact) mass is 326 g/mol. The van der Waals surface area contributed by atoms with E-state index in [1.165, 1.54) is 21.1 Å². The van der Waals surface area contributed by atoms with E-state index in [2.05, 4.69) is 0 Å². The van der Waals surface area contributed by atoms with Crippen molar-refractivity contribution in [3.63, 3.8) is 0 Å². The molecule has 1 saturated heterocycles. The van der Waals surface area contributed by atoms with Crippen molar-refractivity contribution in [1.82, 2.24) is 9.80 Å². The third-order valence-corrected chi connectivity index (χ3v) is 3.97. The number of methoxy groups -OCH3 is 2. The molecular weight excluding hydrogens is 308 g/mol. The summed E-state index contributed by atoms with van der Waals surface area (Å²) in [4.78, 5) is 27.3. The predicted molar refractivity (Wildman–Crippen MR) is 82.7 cm³/mol. The molecule has 0 N–H and O–H groups in total. The normalized spacial score (nSPS) is 14.7. The van der Waals surface area contributed by atoms with Gasteiger partial charge in [-0.1, -0.05) is 11.6 Å². The maximum Gasteiger partial charge on any atom is 0.254 e. The molecule has 22 heavy (non-hydrogen) atoms. The van der Waals surface area contributed by atoms with Gasteiger partial charge in [-0.2, -0.15) is 0 Å². The van der Waals surface area contributed by atoms with E-state index in [-0.39, 0.29) is 11.8 Å². The third-order valence-electron chi connectivity index (χ3n) is 3.69. The van der Waals surface area contributed by atoms with E-state index < -0.39 is 0 Å². The molecule has 0 aromatic heterocycles. The van der Waals surface area contributed by atoms with Crippen LogP contribution in [0.25, 0.3) is 0 Å². The molecule has 1 fully saturated rings. The summed E-state index contributed by atoms with van der Waals surface area (Å²) in [6.07, 6.45) is 0. The Bertz CT molecular complexity index is 583. The lowest BCUT2D eigenvalue weighted by Crippen LogP contribution is -2.50. The fraction of sp³-hybridized carbons (Fsp3) is 0.467. The molecule has 0 spiro atoms. The zero-order valence-corrected chi connectivity index (χ0v) is 13.6. The van der Waals surface area contributed by atoms with Gasteiger partial charge < -0.3 is 19.3 Å². The highest BCUT2D eigenvalue weighted by molar-refractivity contribution is 6.32. The fourth-order valence-electron chi connectivity index (χ4n) is 2.45. The minimum atomic E-state index is -0.133. The average molecular weight is 327 g/mol. The van der Waals surface area contributed by atoms with Crippen LogP contribution in [0.3, 0.4) is 0 Å². The zero-order valence-electron chi connectivity index (χ0n) is 12.9. The summed E-state index contributed by atoms with van der Waals surface area (Å²) in [5, 5.41) is 0.326. The lowest BCUT2D eigenvalue weighted by Gasteiger charge is -2.34. The molecule has 2 rings (SSSR count). The Balaban J connectivity index is 2.17. The molecular formula is C15H19ClN2O4. The van der Waals surface area contributed by atoms with Gasteiger partial charge >= 0.3 is 0 Å². The van der Waals surface area contributed by atoms with E-state index in [1.54, 1.807) is 21.9 Å². The number of halogens is 1. The van der Waals surface area contributed by atoms with Crippen LogP contribution in [0.15, 0.2) is 12.1 Å². The van der Waals surface area contributed by atoms with Crippen LogP contribution < -0.4 is 9.47 Å². The standard InChI is InChI=1S/C15H19ClN2O4/c1-10(19)17-4-6-18(7-5-17)15(20)11-8-12(16)14(22-3)13(9-11)21-2/h8-9H,4-7H2,1-3H3. The lowest BCUT2D eigenvalue weighted by atomic mass is 10.1. The molecule has 1 aliphatic rings. The molecule has 0 unspecified atom stereocenters. The maximum atomic E-state index is 12.6. The van der Waals surface area contributed by atoms with Crippen molar-refractivity contribution in [2.45, 2.75) is 6.92 Å². The highest BCUT2D eigenvalue weighted by Crippen LogP contribution is 2.36. The van der Waals surface area contributed by atoms with Gasteiger partial charge in [-0.15, -0.1) is 0 Å². The van der Waals surface area contributed by atoms with Crippen LogP contribution in [-0.2, 0) is 4.79 Å². The first-order chi connectivity index (χ1) is 10.5. The van der Waals surface area contributed by atoms with Crippen molar-refractivity contribution in [2.75, 3.05) is 40.4 Å². The van der Waals surface area contributed by atoms with E-state index in [9.17, 15) is 9.59 Å². The van der Waals surface area contributed by atoms with Gasteiger partial charge in [0.1, 0.15) is 0 Å². The minimum absolute atomic E-state index is 0.0289. The molecule has 0 aliphatic carbocycles. The topological polar surface area (TPSA) is 59.1 Å². The Hall–Kier alpha value is -1.95. The number of ether oxygens (including phenoxy) is 2. The number of carbonyl (C=O) groups excluding carboxylic acids is 2. The Labute approximate surface area is 134 Å². The van der Waals surface area contributed by atoms with Crippen LogP contribution in [0.5, 0.6) is 11.5 Å². The molecule has 2 amide bonds. The van der Waals surface area contributed by atoms with Crippen LogP contribution in [0.1, 0.15) is 17.3 Å². The summed E-state index contributed by atoms with van der Waals surface area (Å²) in [5.41, 5.74) is 0.443. The second kappa shape index (κ2) is 6.87. The molecule has 0 saturated carbocycles. The number of hydrogen-bond acceptors (Lipinski definition) is 4. The Kier molecular flexibility index (Phi) is 5.13. The molecule has 0 radical (unpaired) electrons. The second-order valence-corrected chi connectivity index (χ2v) is 5.40. The molecule has 7 heteroatoms. The number of benzene rings is 1. The summed E-state index contributed by atoms with van der Waals surface area (Å²) in [6, 6.07) is 3.19. The van der Waals surface area contributed by atoms with Crippen molar-refractivity contribution < 1.29 is 19.1 Å². The number of hydrogen-bond donors (Lipinski definition) is 0. The van der Waals surface area contributed by atoms with Crippen molar-refractivity contribution in [3.05, 3.63) is 22.7 Å². The predicted octanol–water partition coefficient (Wildman–Crippen LogP) is 1.66. The molecule has 120 valence electrons. The summed E-state index contributed by atoms with van der Waals surface area (Å²) >= 11 is 6.13.